The van der Waals surface area contributed by atoms with Crippen LogP contribution >= 0.6 is 15.9 Å². The summed E-state index contributed by atoms with van der Waals surface area (Å²) in [5, 5.41) is 4.77. The lowest BCUT2D eigenvalue weighted by Crippen LogP contribution is -2.43. The van der Waals surface area contributed by atoms with Crippen LogP contribution in [0.15, 0.2) is 34.9 Å². The van der Waals surface area contributed by atoms with Crippen LogP contribution < -0.4 is 11.1 Å². The lowest BCUT2D eigenvalue weighted by molar-refractivity contribution is 0.453. The van der Waals surface area contributed by atoms with Gasteiger partial charge in [-0.25, -0.2) is 0 Å². The van der Waals surface area contributed by atoms with Gasteiger partial charge in [-0.3, -0.25) is 4.98 Å². The average Bonchev–Trinajstić information content (AvgIpc) is 3.22. The molecule has 0 radical (unpaired) electrons. The first kappa shape index (κ1) is 13.8. The molecular formula is C16H20BrN3. The van der Waals surface area contributed by atoms with Gasteiger partial charge in [0.25, 0.3) is 0 Å². The van der Waals surface area contributed by atoms with Gasteiger partial charge in [0.15, 0.2) is 0 Å². The summed E-state index contributed by atoms with van der Waals surface area (Å²) in [7, 11) is 0. The van der Waals surface area contributed by atoms with Crippen molar-refractivity contribution < 1.29 is 0 Å². The third kappa shape index (κ3) is 2.96. The molecular weight excluding hydrogens is 314 g/mol. The minimum Gasteiger partial charge on any atom is -0.377 e. The Morgan fingerprint density at radius 3 is 2.95 bits per heavy atom. The minimum atomic E-state index is -0.0514. The highest BCUT2D eigenvalue weighted by Gasteiger charge is 2.32. The standard InChI is InChI=1S/C16H20BrN3/c1-16(10-18,8-11-5-6-11)20-14-4-2-3-12-7-13(17)9-19-15(12)14/h2-4,7,9,11,20H,5-6,8,10,18H2,1H3. The summed E-state index contributed by atoms with van der Waals surface area (Å²) in [6.07, 6.45) is 5.67. The number of nitrogens with zero attached hydrogens (tertiary/aromatic N) is 1. The predicted octanol–water partition coefficient (Wildman–Crippen LogP) is 3.93. The molecule has 1 fully saturated rings. The summed E-state index contributed by atoms with van der Waals surface area (Å²) in [6, 6.07) is 8.32. The predicted molar refractivity (Wildman–Crippen MR) is 87.9 cm³/mol. The molecule has 3 rings (SSSR count). The number of rotatable bonds is 5. The van der Waals surface area contributed by atoms with Gasteiger partial charge in [0.1, 0.15) is 0 Å². The van der Waals surface area contributed by atoms with Gasteiger partial charge in [0.2, 0.25) is 0 Å². The fraction of sp³-hybridized carbons (Fsp3) is 0.438. The van der Waals surface area contributed by atoms with E-state index in [1.807, 2.05) is 6.20 Å². The molecule has 3 N–H and O–H groups in total. The zero-order chi connectivity index (χ0) is 14.2. The molecule has 0 amide bonds. The van der Waals surface area contributed by atoms with E-state index in [2.05, 4.69) is 57.4 Å². The first-order chi connectivity index (χ1) is 9.59. The second-order valence-electron chi connectivity index (χ2n) is 6.07. The molecule has 0 saturated heterocycles. The van der Waals surface area contributed by atoms with E-state index in [-0.39, 0.29) is 5.54 Å². The number of pyridine rings is 1. The van der Waals surface area contributed by atoms with Gasteiger partial charge in [0.05, 0.1) is 11.2 Å². The molecule has 1 unspecified atom stereocenters. The van der Waals surface area contributed by atoms with Gasteiger partial charge in [-0.2, -0.15) is 0 Å². The Morgan fingerprint density at radius 1 is 1.45 bits per heavy atom. The third-order valence-corrected chi connectivity index (χ3v) is 4.43. The van der Waals surface area contributed by atoms with Crippen LogP contribution in [-0.2, 0) is 0 Å². The maximum absolute atomic E-state index is 6.01. The number of nitrogens with one attached hydrogen (secondary N) is 1. The van der Waals surface area contributed by atoms with Gasteiger partial charge in [-0.05, 0) is 47.3 Å². The van der Waals surface area contributed by atoms with Crippen LogP contribution in [0.2, 0.25) is 0 Å². The lowest BCUT2D eigenvalue weighted by atomic mass is 9.94. The van der Waals surface area contributed by atoms with E-state index in [1.54, 1.807) is 0 Å². The first-order valence-corrected chi connectivity index (χ1v) is 7.91. The average molecular weight is 334 g/mol. The highest BCUT2D eigenvalue weighted by Crippen LogP contribution is 2.38. The van der Waals surface area contributed by atoms with Crippen molar-refractivity contribution in [1.29, 1.82) is 0 Å². The molecule has 2 aromatic rings. The van der Waals surface area contributed by atoms with E-state index in [0.717, 1.165) is 33.4 Å². The largest absolute Gasteiger partial charge is 0.377 e. The maximum atomic E-state index is 6.01. The fourth-order valence-corrected chi connectivity index (χ4v) is 3.05. The number of fused-ring (bicyclic) bond motifs is 1. The molecule has 1 aliphatic carbocycles. The number of hydrogen-bond acceptors (Lipinski definition) is 3. The molecule has 1 aromatic carbocycles. The SMILES string of the molecule is CC(CN)(CC1CC1)Nc1cccc2cc(Br)cnc12. The van der Waals surface area contributed by atoms with Crippen molar-refractivity contribution in [3.63, 3.8) is 0 Å². The summed E-state index contributed by atoms with van der Waals surface area (Å²) >= 11 is 3.47. The highest BCUT2D eigenvalue weighted by atomic mass is 79.9. The molecule has 106 valence electrons. The summed E-state index contributed by atoms with van der Waals surface area (Å²) in [5.41, 5.74) is 8.04. The van der Waals surface area contributed by atoms with E-state index in [1.165, 1.54) is 12.8 Å². The minimum absolute atomic E-state index is 0.0514. The normalized spacial score (nSPS) is 17.9. The summed E-state index contributed by atoms with van der Waals surface area (Å²) in [6.45, 7) is 2.85. The zero-order valence-electron chi connectivity index (χ0n) is 11.7. The van der Waals surface area contributed by atoms with Gasteiger partial charge >= 0.3 is 0 Å². The molecule has 20 heavy (non-hydrogen) atoms. The number of aromatic nitrogens is 1. The lowest BCUT2D eigenvalue weighted by Gasteiger charge is -2.31. The van der Waals surface area contributed by atoms with Crippen molar-refractivity contribution in [3.05, 3.63) is 34.9 Å². The second-order valence-corrected chi connectivity index (χ2v) is 6.98. The van der Waals surface area contributed by atoms with Crippen LogP contribution in [0.1, 0.15) is 26.2 Å². The molecule has 0 spiro atoms. The van der Waals surface area contributed by atoms with Crippen molar-refractivity contribution in [3.8, 4) is 0 Å². The Hall–Kier alpha value is -1.13. The number of nitrogens with two attached hydrogens (primary N) is 1. The van der Waals surface area contributed by atoms with E-state index < -0.39 is 0 Å². The van der Waals surface area contributed by atoms with Crippen molar-refractivity contribution in [1.82, 2.24) is 4.98 Å². The number of halogens is 1. The molecule has 3 nitrogen and oxygen atoms in total. The molecule has 1 aliphatic rings. The molecule has 4 heteroatoms. The Balaban J connectivity index is 1.92. The smallest absolute Gasteiger partial charge is 0.0934 e. The first-order valence-electron chi connectivity index (χ1n) is 7.12. The maximum Gasteiger partial charge on any atom is 0.0934 e. The number of para-hydroxylation sites is 1. The third-order valence-electron chi connectivity index (χ3n) is 4.00. The van der Waals surface area contributed by atoms with Crippen LogP contribution in [0.4, 0.5) is 5.69 Å². The number of anilines is 1. The van der Waals surface area contributed by atoms with Crippen LogP contribution in [0, 0.1) is 5.92 Å². The fourth-order valence-electron chi connectivity index (χ4n) is 2.70. The zero-order valence-corrected chi connectivity index (χ0v) is 13.3. The monoisotopic (exact) mass is 333 g/mol. The number of hydrogen-bond donors (Lipinski definition) is 2. The molecule has 1 atom stereocenters. The van der Waals surface area contributed by atoms with Crippen LogP contribution in [0.5, 0.6) is 0 Å². The van der Waals surface area contributed by atoms with E-state index in [4.69, 9.17) is 5.73 Å². The van der Waals surface area contributed by atoms with E-state index in [9.17, 15) is 0 Å². The molecule has 1 heterocycles. The Kier molecular flexibility index (Phi) is 3.69. The van der Waals surface area contributed by atoms with Gasteiger partial charge in [-0.15, -0.1) is 0 Å². The van der Waals surface area contributed by atoms with Crippen LogP contribution in [0.25, 0.3) is 10.9 Å². The summed E-state index contributed by atoms with van der Waals surface area (Å²) in [4.78, 5) is 4.54. The van der Waals surface area contributed by atoms with E-state index >= 15 is 0 Å². The Morgan fingerprint density at radius 2 is 2.25 bits per heavy atom. The summed E-state index contributed by atoms with van der Waals surface area (Å²) in [5.74, 6) is 0.841. The summed E-state index contributed by atoms with van der Waals surface area (Å²) < 4.78 is 1.00. The van der Waals surface area contributed by atoms with Gasteiger partial charge in [-0.1, -0.05) is 25.0 Å². The molecule has 1 aromatic heterocycles. The van der Waals surface area contributed by atoms with Crippen molar-refractivity contribution in [2.24, 2.45) is 11.7 Å². The Bertz CT molecular complexity index is 624. The molecule has 1 saturated carbocycles. The van der Waals surface area contributed by atoms with Crippen LogP contribution in [-0.4, -0.2) is 17.1 Å². The second kappa shape index (κ2) is 5.34. The quantitative estimate of drug-likeness (QED) is 0.871. The molecule has 0 bridgehead atoms. The van der Waals surface area contributed by atoms with Crippen LogP contribution in [0.3, 0.4) is 0 Å². The highest BCUT2D eigenvalue weighted by molar-refractivity contribution is 9.10. The number of benzene rings is 1. The Labute approximate surface area is 128 Å². The van der Waals surface area contributed by atoms with Crippen molar-refractivity contribution >= 4 is 32.5 Å². The van der Waals surface area contributed by atoms with Gasteiger partial charge < -0.3 is 11.1 Å². The van der Waals surface area contributed by atoms with E-state index in [0.29, 0.717) is 6.54 Å². The molecule has 0 aliphatic heterocycles. The van der Waals surface area contributed by atoms with Crippen molar-refractivity contribution in [2.45, 2.75) is 31.7 Å². The topological polar surface area (TPSA) is 50.9 Å². The van der Waals surface area contributed by atoms with Gasteiger partial charge in [0, 0.05) is 28.1 Å². The van der Waals surface area contributed by atoms with Crippen molar-refractivity contribution in [2.75, 3.05) is 11.9 Å².